The molecule has 24 heavy (non-hydrogen) atoms. The van der Waals surface area contributed by atoms with E-state index in [1.807, 2.05) is 31.2 Å². The van der Waals surface area contributed by atoms with Gasteiger partial charge < -0.3 is 14.2 Å². The molecule has 2 aromatic rings. The van der Waals surface area contributed by atoms with E-state index in [4.69, 9.17) is 14.2 Å². The van der Waals surface area contributed by atoms with Gasteiger partial charge in [-0.1, -0.05) is 24.3 Å². The van der Waals surface area contributed by atoms with Gasteiger partial charge in [0.25, 0.3) is 0 Å². The summed E-state index contributed by atoms with van der Waals surface area (Å²) in [5.74, 6) is 1.75. The fourth-order valence-electron chi connectivity index (χ4n) is 2.14. The topological polar surface area (TPSA) is 70.8 Å². The second-order valence-electron chi connectivity index (χ2n) is 5.01. The van der Waals surface area contributed by atoms with Crippen molar-refractivity contribution in [1.82, 2.24) is 0 Å². The van der Waals surface area contributed by atoms with Crippen LogP contribution in [0.3, 0.4) is 0 Å². The Balaban J connectivity index is 1.72. The van der Waals surface area contributed by atoms with Crippen molar-refractivity contribution in [2.24, 2.45) is 0 Å². The largest absolute Gasteiger partial charge is 0.490 e. The zero-order valence-electron chi connectivity index (χ0n) is 13.6. The Labute approximate surface area is 141 Å². The molecule has 0 unspecified atom stereocenters. The molecule has 0 radical (unpaired) electrons. The van der Waals surface area contributed by atoms with Crippen LogP contribution in [0, 0.1) is 10.1 Å². The lowest BCUT2D eigenvalue weighted by Crippen LogP contribution is -2.04. The third kappa shape index (κ3) is 5.15. The summed E-state index contributed by atoms with van der Waals surface area (Å²) >= 11 is 0. The van der Waals surface area contributed by atoms with E-state index >= 15 is 0 Å². The highest BCUT2D eigenvalue weighted by atomic mass is 16.6. The first kappa shape index (κ1) is 17.6. The molecule has 0 saturated carbocycles. The summed E-state index contributed by atoms with van der Waals surface area (Å²) in [7, 11) is 0. The zero-order valence-corrected chi connectivity index (χ0v) is 13.6. The summed E-state index contributed by atoms with van der Waals surface area (Å²) < 4.78 is 16.7. The number of benzene rings is 2. The van der Waals surface area contributed by atoms with E-state index in [2.05, 4.69) is 0 Å². The SMILES string of the molecule is CCOc1ccccc1OCCCCOc1ccccc1[N+](=O)[O-]. The fraction of sp³-hybridized carbons (Fsp3) is 0.333. The molecule has 128 valence electrons. The minimum absolute atomic E-state index is 0.0145. The number of rotatable bonds is 10. The van der Waals surface area contributed by atoms with Crippen LogP contribution in [0.2, 0.25) is 0 Å². The minimum Gasteiger partial charge on any atom is -0.490 e. The Morgan fingerprint density at radius 1 is 0.833 bits per heavy atom. The molecule has 0 N–H and O–H groups in total. The Morgan fingerprint density at radius 3 is 1.92 bits per heavy atom. The number of nitrogens with zero attached hydrogens (tertiary/aromatic N) is 1. The highest BCUT2D eigenvalue weighted by Gasteiger charge is 2.13. The predicted octanol–water partition coefficient (Wildman–Crippen LogP) is 4.23. The molecule has 0 aliphatic carbocycles. The molecule has 0 aliphatic rings. The molecule has 0 heterocycles. The van der Waals surface area contributed by atoms with E-state index in [0.29, 0.717) is 25.6 Å². The smallest absolute Gasteiger partial charge is 0.310 e. The van der Waals surface area contributed by atoms with Crippen LogP contribution in [0.25, 0.3) is 0 Å². The molecule has 2 aromatic carbocycles. The normalized spacial score (nSPS) is 10.2. The maximum Gasteiger partial charge on any atom is 0.310 e. The number of nitro groups is 1. The summed E-state index contributed by atoms with van der Waals surface area (Å²) in [4.78, 5) is 10.5. The van der Waals surface area contributed by atoms with E-state index < -0.39 is 4.92 Å². The number of para-hydroxylation sites is 4. The number of ether oxygens (including phenoxy) is 3. The van der Waals surface area contributed by atoms with Crippen molar-refractivity contribution in [3.63, 3.8) is 0 Å². The lowest BCUT2D eigenvalue weighted by atomic mass is 10.3. The van der Waals surface area contributed by atoms with Crippen molar-refractivity contribution in [2.45, 2.75) is 19.8 Å². The van der Waals surface area contributed by atoms with Crippen LogP contribution in [-0.4, -0.2) is 24.7 Å². The monoisotopic (exact) mass is 331 g/mol. The summed E-state index contributed by atoms with van der Waals surface area (Å²) in [5, 5.41) is 10.9. The van der Waals surface area contributed by atoms with Crippen molar-refractivity contribution < 1.29 is 19.1 Å². The van der Waals surface area contributed by atoms with Gasteiger partial charge in [0.15, 0.2) is 17.2 Å². The molecule has 0 fully saturated rings. The maximum atomic E-state index is 10.9. The molecule has 6 heteroatoms. The van der Waals surface area contributed by atoms with Crippen LogP contribution in [0.1, 0.15) is 19.8 Å². The van der Waals surface area contributed by atoms with Crippen molar-refractivity contribution in [1.29, 1.82) is 0 Å². The zero-order chi connectivity index (χ0) is 17.2. The van der Waals surface area contributed by atoms with Crippen molar-refractivity contribution in [3.05, 3.63) is 58.6 Å². The van der Waals surface area contributed by atoms with Crippen LogP contribution >= 0.6 is 0 Å². The van der Waals surface area contributed by atoms with E-state index in [0.717, 1.165) is 24.3 Å². The van der Waals surface area contributed by atoms with Crippen LogP contribution in [0.4, 0.5) is 5.69 Å². The maximum absolute atomic E-state index is 10.9. The van der Waals surface area contributed by atoms with Gasteiger partial charge in [-0.15, -0.1) is 0 Å². The summed E-state index contributed by atoms with van der Waals surface area (Å²) in [6.07, 6.45) is 1.52. The van der Waals surface area contributed by atoms with Crippen molar-refractivity contribution in [3.8, 4) is 17.2 Å². The Hall–Kier alpha value is -2.76. The average molecular weight is 331 g/mol. The van der Waals surface area contributed by atoms with Gasteiger partial charge in [0, 0.05) is 6.07 Å². The predicted molar refractivity (Wildman–Crippen MR) is 90.9 cm³/mol. The van der Waals surface area contributed by atoms with E-state index in [-0.39, 0.29) is 5.69 Å². The van der Waals surface area contributed by atoms with Gasteiger partial charge in [0.05, 0.1) is 24.7 Å². The van der Waals surface area contributed by atoms with Crippen LogP contribution in [0.5, 0.6) is 17.2 Å². The molecule has 0 atom stereocenters. The molecular weight excluding hydrogens is 310 g/mol. The quantitative estimate of drug-likeness (QED) is 0.370. The molecule has 6 nitrogen and oxygen atoms in total. The van der Waals surface area contributed by atoms with E-state index in [1.165, 1.54) is 6.07 Å². The molecule has 0 amide bonds. The average Bonchev–Trinajstić information content (AvgIpc) is 2.59. The third-order valence-corrected chi connectivity index (χ3v) is 3.26. The summed E-state index contributed by atoms with van der Waals surface area (Å²) in [5.41, 5.74) is -0.0145. The Morgan fingerprint density at radius 2 is 1.33 bits per heavy atom. The standard InChI is InChI=1S/C18H21NO5/c1-2-22-17-11-5-6-12-18(17)24-14-8-7-13-23-16-10-4-3-9-15(16)19(20)21/h3-6,9-12H,2,7-8,13-14H2,1H3. The van der Waals surface area contributed by atoms with E-state index in [9.17, 15) is 10.1 Å². The number of hydrogen-bond donors (Lipinski definition) is 0. The molecule has 0 aliphatic heterocycles. The van der Waals surface area contributed by atoms with Crippen molar-refractivity contribution in [2.75, 3.05) is 19.8 Å². The van der Waals surface area contributed by atoms with Gasteiger partial charge >= 0.3 is 5.69 Å². The van der Waals surface area contributed by atoms with E-state index in [1.54, 1.807) is 18.2 Å². The number of hydrogen-bond acceptors (Lipinski definition) is 5. The second kappa shape index (κ2) is 9.39. The van der Waals surface area contributed by atoms with Gasteiger partial charge in [0.2, 0.25) is 0 Å². The van der Waals surface area contributed by atoms with Crippen LogP contribution < -0.4 is 14.2 Å². The minimum atomic E-state index is -0.441. The summed E-state index contributed by atoms with van der Waals surface area (Å²) in [6.45, 7) is 3.45. The third-order valence-electron chi connectivity index (χ3n) is 3.26. The second-order valence-corrected chi connectivity index (χ2v) is 5.01. The lowest BCUT2D eigenvalue weighted by molar-refractivity contribution is -0.385. The van der Waals surface area contributed by atoms with Gasteiger partial charge in [-0.2, -0.15) is 0 Å². The molecule has 2 rings (SSSR count). The van der Waals surface area contributed by atoms with Gasteiger partial charge in [-0.05, 0) is 38.0 Å². The lowest BCUT2D eigenvalue weighted by Gasteiger charge is -2.11. The van der Waals surface area contributed by atoms with Crippen molar-refractivity contribution >= 4 is 5.69 Å². The molecular formula is C18H21NO5. The molecule has 0 saturated heterocycles. The van der Waals surface area contributed by atoms with Crippen LogP contribution in [-0.2, 0) is 0 Å². The fourth-order valence-corrected chi connectivity index (χ4v) is 2.14. The number of unbranched alkanes of at least 4 members (excludes halogenated alkanes) is 1. The van der Waals surface area contributed by atoms with Gasteiger partial charge in [0.1, 0.15) is 0 Å². The first-order chi connectivity index (χ1) is 11.7. The molecule has 0 bridgehead atoms. The Bertz CT molecular complexity index is 659. The number of nitro benzene ring substituents is 1. The highest BCUT2D eigenvalue weighted by molar-refractivity contribution is 5.45. The summed E-state index contributed by atoms with van der Waals surface area (Å²) in [6, 6.07) is 13.9. The molecule has 0 aromatic heterocycles. The van der Waals surface area contributed by atoms with Gasteiger partial charge in [-0.3, -0.25) is 10.1 Å². The molecule has 0 spiro atoms. The Kier molecular flexibility index (Phi) is 6.89. The first-order valence-corrected chi connectivity index (χ1v) is 7.93. The highest BCUT2D eigenvalue weighted by Crippen LogP contribution is 2.27. The van der Waals surface area contributed by atoms with Gasteiger partial charge in [-0.25, -0.2) is 0 Å². The van der Waals surface area contributed by atoms with Crippen LogP contribution in [0.15, 0.2) is 48.5 Å². The first-order valence-electron chi connectivity index (χ1n) is 7.93.